The molecule has 1 nitrogen and oxygen atoms in total. The number of aliphatic hydroxyl groups is 1. The highest BCUT2D eigenvalue weighted by Gasteiger charge is 1.97. The molecule has 0 amide bonds. The lowest BCUT2D eigenvalue weighted by Gasteiger charge is -2.05. The Kier molecular flexibility index (Phi) is 3.71. The molecule has 1 aromatic rings. The van der Waals surface area contributed by atoms with Gasteiger partial charge in [0.2, 0.25) is 0 Å². The molecule has 1 heteroatoms. The lowest BCUT2D eigenvalue weighted by atomic mass is 10.0. The third kappa shape index (κ3) is 3.03. The molecular weight excluding hydrogens is 160 g/mol. The second-order valence-corrected chi connectivity index (χ2v) is 3.41. The standard InChI is InChI=1S/C12H16O/c1-10(2)12-7-3-5-11(9-12)6-4-8-13/h3-7,9-10,13H,8H2,1-2H3. The van der Waals surface area contributed by atoms with Gasteiger partial charge >= 0.3 is 0 Å². The third-order valence-corrected chi connectivity index (χ3v) is 1.99. The van der Waals surface area contributed by atoms with E-state index in [9.17, 15) is 0 Å². The molecule has 0 spiro atoms. The Balaban J connectivity index is 2.85. The average molecular weight is 176 g/mol. The highest BCUT2D eigenvalue weighted by atomic mass is 16.2. The lowest BCUT2D eigenvalue weighted by Crippen LogP contribution is -1.86. The van der Waals surface area contributed by atoms with Gasteiger partial charge in [0.15, 0.2) is 0 Å². The van der Waals surface area contributed by atoms with E-state index in [4.69, 9.17) is 5.11 Å². The van der Waals surface area contributed by atoms with Crippen LogP contribution in [-0.2, 0) is 0 Å². The molecule has 0 saturated carbocycles. The fraction of sp³-hybridized carbons (Fsp3) is 0.333. The van der Waals surface area contributed by atoms with E-state index in [0.29, 0.717) is 5.92 Å². The molecule has 0 saturated heterocycles. The van der Waals surface area contributed by atoms with Crippen molar-refractivity contribution in [1.29, 1.82) is 0 Å². The van der Waals surface area contributed by atoms with E-state index in [2.05, 4.69) is 26.0 Å². The fourth-order valence-corrected chi connectivity index (χ4v) is 1.21. The van der Waals surface area contributed by atoms with E-state index >= 15 is 0 Å². The van der Waals surface area contributed by atoms with Crippen LogP contribution >= 0.6 is 0 Å². The second kappa shape index (κ2) is 4.83. The number of hydrogen-bond acceptors (Lipinski definition) is 1. The van der Waals surface area contributed by atoms with Crippen LogP contribution in [0.5, 0.6) is 0 Å². The number of hydrogen-bond donors (Lipinski definition) is 1. The molecule has 0 aliphatic carbocycles. The second-order valence-electron chi connectivity index (χ2n) is 3.41. The lowest BCUT2D eigenvalue weighted by molar-refractivity contribution is 0.343. The monoisotopic (exact) mass is 176 g/mol. The number of rotatable bonds is 3. The van der Waals surface area contributed by atoms with Gasteiger partial charge in [0.25, 0.3) is 0 Å². The van der Waals surface area contributed by atoms with Crippen LogP contribution in [0, 0.1) is 0 Å². The minimum absolute atomic E-state index is 0.103. The van der Waals surface area contributed by atoms with Gasteiger partial charge in [0.05, 0.1) is 6.61 Å². The molecule has 0 bridgehead atoms. The minimum atomic E-state index is 0.103. The van der Waals surface area contributed by atoms with Gasteiger partial charge in [-0.2, -0.15) is 0 Å². The first kappa shape index (κ1) is 10.0. The summed E-state index contributed by atoms with van der Waals surface area (Å²) in [5, 5.41) is 8.62. The molecule has 0 aliphatic rings. The number of benzene rings is 1. The first-order chi connectivity index (χ1) is 6.24. The summed E-state index contributed by atoms with van der Waals surface area (Å²) in [6.45, 7) is 4.45. The number of aliphatic hydroxyl groups excluding tert-OH is 1. The summed E-state index contributed by atoms with van der Waals surface area (Å²) in [6, 6.07) is 8.36. The third-order valence-electron chi connectivity index (χ3n) is 1.99. The summed E-state index contributed by atoms with van der Waals surface area (Å²) in [7, 11) is 0. The molecular formula is C12H16O. The normalized spacial score (nSPS) is 11.4. The van der Waals surface area contributed by atoms with Crippen molar-refractivity contribution in [3.63, 3.8) is 0 Å². The van der Waals surface area contributed by atoms with Crippen LogP contribution in [-0.4, -0.2) is 11.7 Å². The van der Waals surface area contributed by atoms with Crippen LogP contribution in [0.2, 0.25) is 0 Å². The SMILES string of the molecule is CC(C)c1cccc(C=CCO)c1. The van der Waals surface area contributed by atoms with Crippen molar-refractivity contribution in [3.05, 3.63) is 41.5 Å². The molecule has 1 N–H and O–H groups in total. The van der Waals surface area contributed by atoms with Crippen LogP contribution in [0.3, 0.4) is 0 Å². The van der Waals surface area contributed by atoms with E-state index in [1.807, 2.05) is 18.2 Å². The van der Waals surface area contributed by atoms with E-state index in [1.165, 1.54) is 5.56 Å². The summed E-state index contributed by atoms with van der Waals surface area (Å²) in [6.07, 6.45) is 3.69. The van der Waals surface area contributed by atoms with Crippen molar-refractivity contribution < 1.29 is 5.11 Å². The maximum Gasteiger partial charge on any atom is 0.0615 e. The zero-order valence-electron chi connectivity index (χ0n) is 8.20. The largest absolute Gasteiger partial charge is 0.392 e. The summed E-state index contributed by atoms with van der Waals surface area (Å²) in [5.41, 5.74) is 2.49. The molecule has 70 valence electrons. The Morgan fingerprint density at radius 2 is 2.15 bits per heavy atom. The van der Waals surface area contributed by atoms with E-state index in [-0.39, 0.29) is 6.61 Å². The van der Waals surface area contributed by atoms with Crippen molar-refractivity contribution in [2.24, 2.45) is 0 Å². The Hall–Kier alpha value is -1.08. The summed E-state index contributed by atoms with van der Waals surface area (Å²) < 4.78 is 0. The van der Waals surface area contributed by atoms with Gasteiger partial charge in [-0.3, -0.25) is 0 Å². The first-order valence-corrected chi connectivity index (χ1v) is 4.61. The average Bonchev–Trinajstić information content (AvgIpc) is 2.15. The Morgan fingerprint density at radius 1 is 1.38 bits per heavy atom. The van der Waals surface area contributed by atoms with Crippen molar-refractivity contribution in [1.82, 2.24) is 0 Å². The van der Waals surface area contributed by atoms with E-state index in [1.54, 1.807) is 6.08 Å². The molecule has 1 rings (SSSR count). The topological polar surface area (TPSA) is 20.2 Å². The molecule has 1 aromatic carbocycles. The van der Waals surface area contributed by atoms with E-state index < -0.39 is 0 Å². The minimum Gasteiger partial charge on any atom is -0.392 e. The van der Waals surface area contributed by atoms with Crippen molar-refractivity contribution in [3.8, 4) is 0 Å². The van der Waals surface area contributed by atoms with Gasteiger partial charge in [-0.05, 0) is 17.0 Å². The smallest absolute Gasteiger partial charge is 0.0615 e. The van der Waals surface area contributed by atoms with Crippen LogP contribution < -0.4 is 0 Å². The molecule has 0 aliphatic heterocycles. The maximum atomic E-state index is 8.62. The molecule has 0 unspecified atom stereocenters. The van der Waals surface area contributed by atoms with Gasteiger partial charge < -0.3 is 5.11 Å². The Morgan fingerprint density at radius 3 is 2.77 bits per heavy atom. The Bertz CT molecular complexity index is 287. The quantitative estimate of drug-likeness (QED) is 0.750. The van der Waals surface area contributed by atoms with Crippen LogP contribution in [0.15, 0.2) is 30.3 Å². The van der Waals surface area contributed by atoms with Crippen LogP contribution in [0.4, 0.5) is 0 Å². The first-order valence-electron chi connectivity index (χ1n) is 4.61. The summed E-state index contributed by atoms with van der Waals surface area (Å²) in [5.74, 6) is 0.558. The van der Waals surface area contributed by atoms with Gasteiger partial charge in [-0.15, -0.1) is 0 Å². The molecule has 0 atom stereocenters. The summed E-state index contributed by atoms with van der Waals surface area (Å²) in [4.78, 5) is 0. The zero-order valence-corrected chi connectivity index (χ0v) is 8.20. The molecule has 0 fully saturated rings. The van der Waals surface area contributed by atoms with Gasteiger partial charge in [0, 0.05) is 0 Å². The Labute approximate surface area is 79.7 Å². The van der Waals surface area contributed by atoms with E-state index in [0.717, 1.165) is 5.56 Å². The van der Waals surface area contributed by atoms with Crippen LogP contribution in [0.1, 0.15) is 30.9 Å². The molecule has 13 heavy (non-hydrogen) atoms. The highest BCUT2D eigenvalue weighted by Crippen LogP contribution is 2.16. The predicted octanol–water partition coefficient (Wildman–Crippen LogP) is 2.82. The van der Waals surface area contributed by atoms with Gasteiger partial charge in [-0.1, -0.05) is 50.3 Å². The van der Waals surface area contributed by atoms with Gasteiger partial charge in [0.1, 0.15) is 0 Å². The fourth-order valence-electron chi connectivity index (χ4n) is 1.21. The molecule has 0 aromatic heterocycles. The predicted molar refractivity (Wildman–Crippen MR) is 56.7 cm³/mol. The summed E-state index contributed by atoms with van der Waals surface area (Å²) >= 11 is 0. The van der Waals surface area contributed by atoms with Crippen molar-refractivity contribution in [2.45, 2.75) is 19.8 Å². The van der Waals surface area contributed by atoms with Crippen molar-refractivity contribution >= 4 is 6.08 Å². The highest BCUT2D eigenvalue weighted by molar-refractivity contribution is 5.50. The zero-order chi connectivity index (χ0) is 9.68. The van der Waals surface area contributed by atoms with Crippen molar-refractivity contribution in [2.75, 3.05) is 6.61 Å². The van der Waals surface area contributed by atoms with Crippen LogP contribution in [0.25, 0.3) is 6.08 Å². The van der Waals surface area contributed by atoms with Gasteiger partial charge in [-0.25, -0.2) is 0 Å². The molecule has 0 radical (unpaired) electrons. The molecule has 0 heterocycles. The maximum absolute atomic E-state index is 8.62.